The standard InChI is InChI=1S/C16H20N4OS3/c1-5-8(2)6-11-9(3)23-15-13(11)14(21)17-12(18-15)7-22-16-20-19-10(4)24-16/h8H,5-7H2,1-4H3,(H,17,18,21)/t8-/m0/s1. The van der Waals surface area contributed by atoms with Crippen molar-refractivity contribution in [2.45, 2.75) is 50.6 Å². The fourth-order valence-corrected chi connectivity index (χ4v) is 5.25. The first-order valence-corrected chi connectivity index (χ1v) is 10.5. The van der Waals surface area contributed by atoms with E-state index in [4.69, 9.17) is 0 Å². The fourth-order valence-electron chi connectivity index (χ4n) is 2.49. The van der Waals surface area contributed by atoms with Crippen molar-refractivity contribution in [2.75, 3.05) is 0 Å². The van der Waals surface area contributed by atoms with Crippen molar-refractivity contribution in [3.8, 4) is 0 Å². The summed E-state index contributed by atoms with van der Waals surface area (Å²) in [6, 6.07) is 0. The maximum atomic E-state index is 12.6. The zero-order valence-corrected chi connectivity index (χ0v) is 16.6. The van der Waals surface area contributed by atoms with Crippen LogP contribution in [0.5, 0.6) is 0 Å². The van der Waals surface area contributed by atoms with Gasteiger partial charge in [0.15, 0.2) is 4.34 Å². The minimum Gasteiger partial charge on any atom is -0.309 e. The number of hydrogen-bond donors (Lipinski definition) is 1. The van der Waals surface area contributed by atoms with E-state index in [1.54, 1.807) is 34.4 Å². The van der Waals surface area contributed by atoms with Gasteiger partial charge in [0.1, 0.15) is 15.7 Å². The predicted octanol–water partition coefficient (Wildman–Crippen LogP) is 4.33. The minimum absolute atomic E-state index is 0.0216. The third kappa shape index (κ3) is 3.70. The monoisotopic (exact) mass is 380 g/mol. The van der Waals surface area contributed by atoms with Crippen LogP contribution in [-0.2, 0) is 12.2 Å². The van der Waals surface area contributed by atoms with Crippen LogP contribution in [0.25, 0.3) is 10.2 Å². The number of aromatic nitrogens is 4. The minimum atomic E-state index is -0.0216. The predicted molar refractivity (Wildman–Crippen MR) is 102 cm³/mol. The normalized spacial score (nSPS) is 12.8. The summed E-state index contributed by atoms with van der Waals surface area (Å²) in [6.45, 7) is 8.42. The van der Waals surface area contributed by atoms with Crippen molar-refractivity contribution in [1.29, 1.82) is 0 Å². The number of rotatable bonds is 6. The highest BCUT2D eigenvalue weighted by Crippen LogP contribution is 2.30. The van der Waals surface area contributed by atoms with Crippen molar-refractivity contribution >= 4 is 44.7 Å². The number of aryl methyl sites for hydroxylation is 2. The van der Waals surface area contributed by atoms with Gasteiger partial charge in [0, 0.05) is 4.88 Å². The van der Waals surface area contributed by atoms with E-state index in [9.17, 15) is 4.79 Å². The second-order valence-corrected chi connectivity index (χ2v) is 9.53. The molecule has 0 radical (unpaired) electrons. The molecular weight excluding hydrogens is 360 g/mol. The van der Waals surface area contributed by atoms with E-state index in [-0.39, 0.29) is 5.56 Å². The van der Waals surface area contributed by atoms with Crippen molar-refractivity contribution in [3.63, 3.8) is 0 Å². The quantitative estimate of drug-likeness (QED) is 0.644. The van der Waals surface area contributed by atoms with E-state index in [2.05, 4.69) is 40.9 Å². The molecule has 0 saturated carbocycles. The molecule has 5 nitrogen and oxygen atoms in total. The van der Waals surface area contributed by atoms with Crippen molar-refractivity contribution in [2.24, 2.45) is 5.92 Å². The molecular formula is C16H20N4OS3. The average Bonchev–Trinajstić information content (AvgIpc) is 3.09. The highest BCUT2D eigenvalue weighted by Gasteiger charge is 2.17. The van der Waals surface area contributed by atoms with Crippen LogP contribution in [0.3, 0.4) is 0 Å². The van der Waals surface area contributed by atoms with Crippen molar-refractivity contribution in [3.05, 3.63) is 31.6 Å². The molecule has 0 spiro atoms. The first-order chi connectivity index (χ1) is 11.5. The largest absolute Gasteiger partial charge is 0.309 e. The van der Waals surface area contributed by atoms with Crippen LogP contribution < -0.4 is 5.56 Å². The molecule has 0 aliphatic rings. The Balaban J connectivity index is 1.89. The first kappa shape index (κ1) is 17.6. The molecule has 3 heterocycles. The summed E-state index contributed by atoms with van der Waals surface area (Å²) < 4.78 is 0.898. The van der Waals surface area contributed by atoms with Gasteiger partial charge in [-0.2, -0.15) is 0 Å². The van der Waals surface area contributed by atoms with Gasteiger partial charge in [-0.25, -0.2) is 4.98 Å². The summed E-state index contributed by atoms with van der Waals surface area (Å²) in [6.07, 6.45) is 2.04. The van der Waals surface area contributed by atoms with E-state index in [0.29, 0.717) is 17.5 Å². The van der Waals surface area contributed by atoms with E-state index in [1.807, 2.05) is 6.92 Å². The Labute approximate surface area is 153 Å². The van der Waals surface area contributed by atoms with Gasteiger partial charge in [-0.15, -0.1) is 21.5 Å². The van der Waals surface area contributed by atoms with Crippen LogP contribution in [0.2, 0.25) is 0 Å². The number of fused-ring (bicyclic) bond motifs is 1. The molecule has 0 amide bonds. The Morgan fingerprint density at radius 3 is 2.71 bits per heavy atom. The second-order valence-electron chi connectivity index (χ2n) is 5.92. The van der Waals surface area contributed by atoms with Gasteiger partial charge in [-0.05, 0) is 31.7 Å². The lowest BCUT2D eigenvalue weighted by Gasteiger charge is -2.08. The summed E-state index contributed by atoms with van der Waals surface area (Å²) in [4.78, 5) is 22.3. The lowest BCUT2D eigenvalue weighted by molar-refractivity contribution is 0.561. The summed E-state index contributed by atoms with van der Waals surface area (Å²) in [5.41, 5.74) is 1.14. The number of thiophene rings is 1. The first-order valence-electron chi connectivity index (χ1n) is 7.92. The lowest BCUT2D eigenvalue weighted by Crippen LogP contribution is -2.12. The Hall–Kier alpha value is -1.25. The summed E-state index contributed by atoms with van der Waals surface area (Å²) in [5, 5.41) is 9.81. The molecule has 1 atom stereocenters. The van der Waals surface area contributed by atoms with Gasteiger partial charge >= 0.3 is 0 Å². The average molecular weight is 381 g/mol. The third-order valence-corrected chi connectivity index (χ3v) is 7.03. The molecule has 0 aromatic carbocycles. The van der Waals surface area contributed by atoms with E-state index >= 15 is 0 Å². The zero-order chi connectivity index (χ0) is 17.3. The van der Waals surface area contributed by atoms with E-state index in [0.717, 1.165) is 38.0 Å². The number of nitrogens with one attached hydrogen (secondary N) is 1. The SMILES string of the molecule is CC[C@H](C)Cc1c(C)sc2nc(CSc3nnc(C)s3)[nH]c(=O)c12. The van der Waals surface area contributed by atoms with Crippen LogP contribution in [-0.4, -0.2) is 20.2 Å². The number of H-pyrrole nitrogens is 1. The number of aromatic amines is 1. The van der Waals surface area contributed by atoms with Crippen LogP contribution >= 0.6 is 34.4 Å². The number of nitrogens with zero attached hydrogens (tertiary/aromatic N) is 3. The van der Waals surface area contributed by atoms with Crippen molar-refractivity contribution in [1.82, 2.24) is 20.2 Å². The number of hydrogen-bond acceptors (Lipinski definition) is 7. The summed E-state index contributed by atoms with van der Waals surface area (Å²) in [5.74, 6) is 1.86. The maximum absolute atomic E-state index is 12.6. The molecule has 24 heavy (non-hydrogen) atoms. The second kappa shape index (κ2) is 7.33. The molecule has 3 aromatic heterocycles. The molecule has 0 aliphatic carbocycles. The summed E-state index contributed by atoms with van der Waals surface area (Å²) >= 11 is 4.73. The highest BCUT2D eigenvalue weighted by molar-refractivity contribution is 8.00. The highest BCUT2D eigenvalue weighted by atomic mass is 32.2. The van der Waals surface area contributed by atoms with Crippen LogP contribution in [0.1, 0.15) is 41.5 Å². The van der Waals surface area contributed by atoms with Crippen LogP contribution in [0, 0.1) is 19.8 Å². The van der Waals surface area contributed by atoms with E-state index < -0.39 is 0 Å². The molecule has 1 N–H and O–H groups in total. The Morgan fingerprint density at radius 1 is 1.25 bits per heavy atom. The third-order valence-electron chi connectivity index (χ3n) is 4.00. The van der Waals surface area contributed by atoms with Crippen LogP contribution in [0.15, 0.2) is 9.13 Å². The molecule has 128 valence electrons. The topological polar surface area (TPSA) is 71.5 Å². The van der Waals surface area contributed by atoms with E-state index in [1.165, 1.54) is 4.88 Å². The number of thioether (sulfide) groups is 1. The van der Waals surface area contributed by atoms with Gasteiger partial charge in [0.05, 0.1) is 11.1 Å². The lowest BCUT2D eigenvalue weighted by atomic mass is 9.98. The Morgan fingerprint density at radius 2 is 2.04 bits per heavy atom. The molecule has 0 aliphatic heterocycles. The Bertz CT molecular complexity index is 912. The van der Waals surface area contributed by atoms with Gasteiger partial charge in [0.25, 0.3) is 5.56 Å². The molecule has 0 saturated heterocycles. The Kier molecular flexibility index (Phi) is 5.36. The summed E-state index contributed by atoms with van der Waals surface area (Å²) in [7, 11) is 0. The molecule has 8 heteroatoms. The zero-order valence-electron chi connectivity index (χ0n) is 14.2. The molecule has 0 bridgehead atoms. The van der Waals surface area contributed by atoms with Crippen LogP contribution in [0.4, 0.5) is 0 Å². The molecule has 3 rings (SSSR count). The van der Waals surface area contributed by atoms with Crippen molar-refractivity contribution < 1.29 is 0 Å². The molecule has 3 aromatic rings. The smallest absolute Gasteiger partial charge is 0.259 e. The molecule has 0 fully saturated rings. The maximum Gasteiger partial charge on any atom is 0.259 e. The van der Waals surface area contributed by atoms with Gasteiger partial charge in [-0.3, -0.25) is 4.79 Å². The van der Waals surface area contributed by atoms with Gasteiger partial charge in [-0.1, -0.05) is 43.4 Å². The van der Waals surface area contributed by atoms with Gasteiger partial charge in [0.2, 0.25) is 0 Å². The molecule has 0 unspecified atom stereocenters. The fraction of sp³-hybridized carbons (Fsp3) is 0.500. The van der Waals surface area contributed by atoms with Gasteiger partial charge < -0.3 is 4.98 Å².